The summed E-state index contributed by atoms with van der Waals surface area (Å²) < 4.78 is 40.4. The largest absolute Gasteiger partial charge is 1.00 e. The van der Waals surface area contributed by atoms with Crippen LogP contribution >= 0.6 is 11.6 Å². The SMILES string of the molecule is CS(=O)(=O)c1ccc(C(=O)C2=C([O-])CCCC2=O)c(Cl)c1OCCC1OCCO1.[Na+]. The first-order valence-corrected chi connectivity index (χ1v) is 11.3. The van der Waals surface area contributed by atoms with Crippen molar-refractivity contribution in [3.8, 4) is 5.75 Å². The van der Waals surface area contributed by atoms with Gasteiger partial charge in [0.15, 0.2) is 33.4 Å². The number of carbonyl (C=O) groups is 2. The summed E-state index contributed by atoms with van der Waals surface area (Å²) in [4.78, 5) is 24.7. The molecule has 1 heterocycles. The molecule has 8 nitrogen and oxygen atoms in total. The average Bonchev–Trinajstić information content (AvgIpc) is 3.15. The quantitative estimate of drug-likeness (QED) is 0.269. The van der Waals surface area contributed by atoms with E-state index < -0.39 is 39.0 Å². The molecule has 3 rings (SSSR count). The molecule has 1 aliphatic carbocycles. The number of ketones is 2. The standard InChI is InChI=1S/C19H21ClO8S.Na/c1-29(24,25)14-6-5-11(18(23)16-12(21)3-2-4-13(16)22)17(20)19(14)28-8-7-15-26-9-10-27-15;/h5-6,15,21H,2-4,7-10H2,1H3;/q;+1/p-1. The third-order valence-electron chi connectivity index (χ3n) is 4.59. The van der Waals surface area contributed by atoms with Crippen LogP contribution in [0.25, 0.3) is 0 Å². The second-order valence-corrected chi connectivity index (χ2v) is 9.10. The van der Waals surface area contributed by atoms with E-state index >= 15 is 0 Å². The zero-order chi connectivity index (χ0) is 21.2. The van der Waals surface area contributed by atoms with Crippen molar-refractivity contribution in [1.29, 1.82) is 0 Å². The van der Waals surface area contributed by atoms with Gasteiger partial charge in [0.25, 0.3) is 0 Å². The molecule has 0 unspecified atom stereocenters. The van der Waals surface area contributed by atoms with Gasteiger partial charge in [-0.2, -0.15) is 0 Å². The van der Waals surface area contributed by atoms with E-state index in [9.17, 15) is 23.1 Å². The van der Waals surface area contributed by atoms with Gasteiger partial charge in [-0.05, 0) is 25.0 Å². The predicted molar refractivity (Wildman–Crippen MR) is 101 cm³/mol. The normalized spacial score (nSPS) is 17.7. The Kier molecular flexibility index (Phi) is 8.93. The summed E-state index contributed by atoms with van der Waals surface area (Å²) in [6, 6.07) is 2.38. The number of hydrogen-bond donors (Lipinski definition) is 0. The number of rotatable bonds is 7. The van der Waals surface area contributed by atoms with Crippen LogP contribution in [0.15, 0.2) is 28.4 Å². The minimum absolute atomic E-state index is 0. The van der Waals surface area contributed by atoms with Crippen molar-refractivity contribution in [3.63, 3.8) is 0 Å². The maximum absolute atomic E-state index is 12.8. The van der Waals surface area contributed by atoms with Gasteiger partial charge in [-0.15, -0.1) is 5.76 Å². The van der Waals surface area contributed by atoms with Crippen LogP contribution in [-0.2, 0) is 24.1 Å². The molecule has 0 radical (unpaired) electrons. The van der Waals surface area contributed by atoms with E-state index in [-0.39, 0.29) is 70.2 Å². The molecular formula is C19H20ClNaO8S. The van der Waals surface area contributed by atoms with Crippen molar-refractivity contribution in [2.45, 2.75) is 36.9 Å². The molecule has 0 amide bonds. The Morgan fingerprint density at radius 3 is 2.53 bits per heavy atom. The molecule has 11 heteroatoms. The number of Topliss-reactive ketones (excluding diaryl/α,β-unsaturated/α-hetero) is 2. The predicted octanol–water partition coefficient (Wildman–Crippen LogP) is -1.56. The molecule has 158 valence electrons. The number of carbonyl (C=O) groups excluding carboxylic acids is 2. The molecule has 0 spiro atoms. The van der Waals surface area contributed by atoms with Crippen LogP contribution in [-0.4, -0.2) is 52.4 Å². The van der Waals surface area contributed by atoms with Gasteiger partial charge < -0.3 is 19.3 Å². The Balaban J connectivity index is 0.00000320. The zero-order valence-corrected chi connectivity index (χ0v) is 20.3. The van der Waals surface area contributed by atoms with Crippen LogP contribution in [0, 0.1) is 0 Å². The summed E-state index contributed by atoms with van der Waals surface area (Å²) in [6.07, 6.45) is 1.46. The summed E-state index contributed by atoms with van der Waals surface area (Å²) in [5.74, 6) is -2.09. The Morgan fingerprint density at radius 1 is 1.27 bits per heavy atom. The molecule has 2 aliphatic rings. The van der Waals surface area contributed by atoms with Crippen LogP contribution in [0.4, 0.5) is 0 Å². The molecule has 0 N–H and O–H groups in total. The zero-order valence-electron chi connectivity index (χ0n) is 16.7. The number of halogens is 1. The molecular weight excluding hydrogens is 447 g/mol. The van der Waals surface area contributed by atoms with E-state index in [0.29, 0.717) is 26.1 Å². The van der Waals surface area contributed by atoms with Crippen molar-refractivity contribution in [2.75, 3.05) is 26.1 Å². The van der Waals surface area contributed by atoms with Crippen LogP contribution < -0.4 is 39.4 Å². The monoisotopic (exact) mass is 466 g/mol. The van der Waals surface area contributed by atoms with E-state index in [2.05, 4.69) is 0 Å². The van der Waals surface area contributed by atoms with Crippen LogP contribution in [0.5, 0.6) is 5.75 Å². The Hall–Kier alpha value is -0.940. The second-order valence-electron chi connectivity index (χ2n) is 6.74. The van der Waals surface area contributed by atoms with Crippen LogP contribution in [0.1, 0.15) is 36.0 Å². The van der Waals surface area contributed by atoms with Crippen molar-refractivity contribution in [2.24, 2.45) is 0 Å². The first kappa shape index (κ1) is 25.3. The topological polar surface area (TPSA) is 119 Å². The summed E-state index contributed by atoms with van der Waals surface area (Å²) in [7, 11) is -3.72. The van der Waals surface area contributed by atoms with Gasteiger partial charge in [0.2, 0.25) is 0 Å². The number of allylic oxidation sites excluding steroid dienone is 2. The fraction of sp³-hybridized carbons (Fsp3) is 0.474. The minimum Gasteiger partial charge on any atom is -0.875 e. The van der Waals surface area contributed by atoms with Crippen molar-refractivity contribution in [3.05, 3.63) is 34.1 Å². The molecule has 0 atom stereocenters. The summed E-state index contributed by atoms with van der Waals surface area (Å²) >= 11 is 6.32. The first-order chi connectivity index (χ1) is 13.7. The molecule has 30 heavy (non-hydrogen) atoms. The molecule has 0 aromatic heterocycles. The van der Waals surface area contributed by atoms with Gasteiger partial charge in [0.05, 0.1) is 30.4 Å². The maximum atomic E-state index is 12.8. The maximum Gasteiger partial charge on any atom is 1.00 e. The third kappa shape index (κ3) is 5.64. The molecule has 0 saturated carbocycles. The Morgan fingerprint density at radius 2 is 1.93 bits per heavy atom. The molecule has 1 saturated heterocycles. The molecule has 1 aliphatic heterocycles. The summed E-state index contributed by atoms with van der Waals surface area (Å²) in [6.45, 7) is 0.953. The van der Waals surface area contributed by atoms with Gasteiger partial charge >= 0.3 is 29.6 Å². The van der Waals surface area contributed by atoms with E-state index in [1.54, 1.807) is 0 Å². The second kappa shape index (κ2) is 10.6. The Bertz CT molecular complexity index is 967. The van der Waals surface area contributed by atoms with E-state index in [0.717, 1.165) is 6.26 Å². The van der Waals surface area contributed by atoms with Gasteiger partial charge in [0, 0.05) is 24.7 Å². The van der Waals surface area contributed by atoms with Gasteiger partial charge in [0.1, 0.15) is 4.90 Å². The first-order valence-electron chi connectivity index (χ1n) is 9.06. The van der Waals surface area contributed by atoms with Crippen molar-refractivity contribution >= 4 is 33.0 Å². The number of hydrogen-bond acceptors (Lipinski definition) is 8. The van der Waals surface area contributed by atoms with Crippen LogP contribution in [0.2, 0.25) is 5.02 Å². The summed E-state index contributed by atoms with van der Waals surface area (Å²) in [5, 5.41) is 11.8. The van der Waals surface area contributed by atoms with Gasteiger partial charge in [-0.25, -0.2) is 8.42 Å². The number of sulfone groups is 1. The smallest absolute Gasteiger partial charge is 0.875 e. The number of ether oxygens (including phenoxy) is 3. The van der Waals surface area contributed by atoms with Crippen molar-refractivity contribution < 1.29 is 66.9 Å². The fourth-order valence-corrected chi connectivity index (χ4v) is 4.35. The molecule has 0 bridgehead atoms. The number of benzene rings is 1. The third-order valence-corrected chi connectivity index (χ3v) is 6.08. The summed E-state index contributed by atoms with van der Waals surface area (Å²) in [5.41, 5.74) is -0.579. The van der Waals surface area contributed by atoms with Crippen molar-refractivity contribution in [1.82, 2.24) is 0 Å². The Labute approximate surface area is 201 Å². The van der Waals surface area contributed by atoms with Gasteiger partial charge in [-0.3, -0.25) is 9.59 Å². The molecule has 1 fully saturated rings. The molecule has 1 aromatic carbocycles. The van der Waals surface area contributed by atoms with Crippen LogP contribution in [0.3, 0.4) is 0 Å². The van der Waals surface area contributed by atoms with E-state index in [1.165, 1.54) is 12.1 Å². The minimum atomic E-state index is -3.72. The molecule has 1 aromatic rings. The average molecular weight is 467 g/mol. The van der Waals surface area contributed by atoms with E-state index in [4.69, 9.17) is 25.8 Å². The van der Waals surface area contributed by atoms with E-state index in [1.807, 2.05) is 0 Å². The van der Waals surface area contributed by atoms with Gasteiger partial charge in [-0.1, -0.05) is 11.6 Å². The fourth-order valence-electron chi connectivity index (χ4n) is 3.17.